The lowest BCUT2D eigenvalue weighted by atomic mass is 9.99. The van der Waals surface area contributed by atoms with Gasteiger partial charge in [-0.15, -0.1) is 11.8 Å². The summed E-state index contributed by atoms with van der Waals surface area (Å²) in [7, 11) is 3.95. The van der Waals surface area contributed by atoms with Crippen LogP contribution in [0.25, 0.3) is 21.8 Å². The van der Waals surface area contributed by atoms with Gasteiger partial charge < -0.3 is 120 Å². The Bertz CT molecular complexity index is 5000. The van der Waals surface area contributed by atoms with E-state index in [1.807, 2.05) is 13.8 Å². The third-order valence-electron chi connectivity index (χ3n) is 24.0. The third kappa shape index (κ3) is 29.4. The van der Waals surface area contributed by atoms with Gasteiger partial charge in [0.1, 0.15) is 96.9 Å². The lowest BCUT2D eigenvalue weighted by Crippen LogP contribution is -2.62. The van der Waals surface area contributed by atoms with E-state index in [9.17, 15) is 63.0 Å². The molecule has 14 atom stereocenters. The van der Waals surface area contributed by atoms with Crippen molar-refractivity contribution in [3.05, 3.63) is 102 Å². The number of carboxylic acid groups (broad SMARTS) is 1. The van der Waals surface area contributed by atoms with Crippen molar-refractivity contribution < 1.29 is 96.5 Å². The molecule has 2 aromatic heterocycles. The Hall–Kier alpha value is -12.7. The Labute approximate surface area is 776 Å². The number of primary amides is 2. The maximum absolute atomic E-state index is 16.0. The summed E-state index contributed by atoms with van der Waals surface area (Å²) in [5.41, 5.74) is 26.1. The van der Waals surface area contributed by atoms with Crippen LogP contribution in [0.2, 0.25) is 0 Å². The summed E-state index contributed by atoms with van der Waals surface area (Å²) >= 11 is 0.791. The highest BCUT2D eigenvalue weighted by atomic mass is 32.2. The van der Waals surface area contributed by atoms with Crippen molar-refractivity contribution in [3.63, 3.8) is 0 Å². The molecule has 8 rings (SSSR count). The van der Waals surface area contributed by atoms with E-state index in [-0.39, 0.29) is 114 Å². The number of thioether (sulfide) groups is 1. The average molecular weight is 1870 g/mol. The number of aromatic nitrogens is 2. The minimum Gasteiger partial charge on any atom is -0.508 e. The van der Waals surface area contributed by atoms with Crippen molar-refractivity contribution in [1.82, 2.24) is 87.2 Å². The van der Waals surface area contributed by atoms with Gasteiger partial charge in [-0.1, -0.05) is 116 Å². The van der Waals surface area contributed by atoms with Gasteiger partial charge in [0.2, 0.25) is 100 Å². The molecule has 0 spiro atoms. The van der Waals surface area contributed by atoms with Crippen LogP contribution < -0.4 is 76.1 Å². The number of H-pyrrole nitrogens is 1. The first kappa shape index (κ1) is 106. The van der Waals surface area contributed by atoms with Gasteiger partial charge in [0, 0.05) is 100.0 Å². The van der Waals surface area contributed by atoms with Crippen molar-refractivity contribution in [2.45, 2.75) is 249 Å². The lowest BCUT2D eigenvalue weighted by Gasteiger charge is -2.36. The first-order valence-electron chi connectivity index (χ1n) is 45.3. The van der Waals surface area contributed by atoms with E-state index in [1.165, 1.54) is 72.9 Å². The van der Waals surface area contributed by atoms with Gasteiger partial charge in [-0.05, 0) is 124 Å². The van der Waals surface area contributed by atoms with Gasteiger partial charge in [-0.25, -0.2) is 0 Å². The Morgan fingerprint density at radius 2 is 1.03 bits per heavy atom. The number of carbonyl (C=O) groups excluding carboxylic acids is 17. The number of carbonyl (C=O) groups is 18. The molecular weight excluding hydrogens is 1740 g/mol. The zero-order valence-electron chi connectivity index (χ0n) is 77.1. The SMILES string of the molecule is CCCC[C@H]1C(=O)N(C)[C@@H](CCCC)C(=O)N[C@@H](CC(C)C)C(=O)N[C@H](C(=O)NCC(N)=O)CSCC(=O)N[C@@H](Cc2ccc(O)cc2)C(=O)N(C)[C@@H](C)C(=O)N[C@@H](CC(N)=O)C(=O)N2CCC[C@H]2C(=O)N[C@@H](CN)C(=O)N[C@@H](CC(C)C)C(=O)N2CCC[C@H]2C(=O)N[C@@H](Cc2c[nH]c3ccccc23)C(=O)N[C@@H](CCN)C(=O)N[C@@H](Cc2cn(CC(=O)O)c3ccccc23)C(=O)N1C. The minimum atomic E-state index is -1.75. The van der Waals surface area contributed by atoms with E-state index in [4.69, 9.17) is 22.9 Å². The number of unbranched alkanes of at least 4 members (excludes halogenated alkanes) is 2. The zero-order valence-corrected chi connectivity index (χ0v) is 78.0. The maximum atomic E-state index is 16.0. The third-order valence-corrected chi connectivity index (χ3v) is 25.1. The predicted octanol–water partition coefficient (Wildman–Crippen LogP) is -1.21. The second-order valence-corrected chi connectivity index (χ2v) is 36.1. The number of aliphatic carboxylic acids is 1. The summed E-state index contributed by atoms with van der Waals surface area (Å²) < 4.78 is 1.45. The summed E-state index contributed by atoms with van der Waals surface area (Å²) in [4.78, 5) is 271. The van der Waals surface area contributed by atoms with E-state index in [2.05, 4.69) is 58.2 Å². The molecule has 133 heavy (non-hydrogen) atoms. The molecule has 5 heterocycles. The number of nitrogens with one attached hydrogen (secondary N) is 11. The Morgan fingerprint density at radius 3 is 1.63 bits per heavy atom. The molecule has 3 fully saturated rings. The zero-order chi connectivity index (χ0) is 97.8. The van der Waals surface area contributed by atoms with Crippen molar-refractivity contribution >= 4 is 140 Å². The van der Waals surface area contributed by atoms with Gasteiger partial charge in [-0.3, -0.25) is 86.3 Å². The van der Waals surface area contributed by atoms with E-state index >= 15 is 33.6 Å². The molecule has 0 saturated carbocycles. The number of aromatic hydroxyl groups is 1. The van der Waals surface area contributed by atoms with E-state index in [0.717, 1.165) is 26.5 Å². The smallest absolute Gasteiger partial charge is 0.323 e. The van der Waals surface area contributed by atoms with E-state index in [0.29, 0.717) is 64.2 Å². The molecule has 17 amide bonds. The number of phenolic OH excluding ortho intramolecular Hbond substituents is 1. The Kier molecular flexibility index (Phi) is 39.9. The fourth-order valence-corrected chi connectivity index (χ4v) is 17.7. The first-order chi connectivity index (χ1) is 63.2. The Balaban J connectivity index is 1.20. The second kappa shape index (κ2) is 50.2. The van der Waals surface area contributed by atoms with Crippen LogP contribution in [0.3, 0.4) is 0 Å². The standard InChI is InChI=1S/C91H131N21O20S/c1-11-13-24-70-84(125)100-61(37-50(3)4)81(122)106-68(79(120)97-45-75(95)115)48-133-49-76(116)98-64(39-53-29-31-56(113)32-30-53)87(128)107(8)52(7)78(119)102-66(42-74(94)114)90(131)112-36-20-28-72(112)86(127)105-67(43-93)83(124)103-63(38-51(5)6)89(130)111-35-19-27-71(111)85(126)101-62(40-54-44-96-59-23-17-15-21-57(54)59)82(123)99-60(33-34-92)80(121)104-65(88(129)109(10)73(25-14-12-2)91(132)108(70)9)41-55-46-110(47-77(117)118)69-26-18-16-22-58(55)69/h15-18,21-23,26,29-32,44,46,50-52,60-68,70-73,96,113H,11-14,19-20,24-25,27-28,33-43,45,47-49,92-93H2,1-10H3,(H2,94,114)(H2,95,115)(H,97,120)(H,98,116)(H,99,123)(H,100,125)(H,101,126)(H,102,119)(H,103,124)(H,104,121)(H,105,127)(H,106,122)(H,117,118)/t52-,60-,61-,62-,63-,64-,65-,66-,67-,68-,70-,71-,72-,73-/m0/s1. The Morgan fingerprint density at radius 1 is 0.519 bits per heavy atom. The molecule has 3 saturated heterocycles. The van der Waals surface area contributed by atoms with E-state index in [1.54, 1.807) is 82.4 Å². The number of likely N-dealkylation sites (N-methyl/N-ethyl adjacent to an activating group) is 3. The van der Waals surface area contributed by atoms with Gasteiger partial charge in [0.15, 0.2) is 0 Å². The molecule has 5 aromatic rings. The minimum absolute atomic E-state index is 0.000720. The fraction of sp³-hybridized carbons (Fsp3) is 0.560. The lowest BCUT2D eigenvalue weighted by molar-refractivity contribution is -0.149. The number of nitrogens with zero attached hydrogens (tertiary/aromatic N) is 6. The van der Waals surface area contributed by atoms with Gasteiger partial charge in [-0.2, -0.15) is 0 Å². The number of rotatable bonds is 26. The van der Waals surface area contributed by atoms with E-state index < -0.39 is 229 Å². The number of hydrogen-bond donors (Lipinski definition) is 17. The second-order valence-electron chi connectivity index (χ2n) is 35.1. The summed E-state index contributed by atoms with van der Waals surface area (Å²) in [5.74, 6) is -18.0. The molecule has 42 heteroatoms. The van der Waals surface area contributed by atoms with Gasteiger partial charge in [0.05, 0.1) is 18.7 Å². The summed E-state index contributed by atoms with van der Waals surface area (Å²) in [6.45, 7) is 9.97. The quantitative estimate of drug-likeness (QED) is 0.0309. The number of aromatic amines is 1. The van der Waals surface area contributed by atoms with Crippen LogP contribution >= 0.6 is 11.8 Å². The van der Waals surface area contributed by atoms with Crippen molar-refractivity contribution in [2.75, 3.05) is 65.4 Å². The number of benzene rings is 3. The number of nitrogens with two attached hydrogens (primary N) is 4. The number of para-hydroxylation sites is 2. The number of carboxylic acids is 1. The molecule has 0 bridgehead atoms. The largest absolute Gasteiger partial charge is 0.508 e. The molecule has 3 aliphatic heterocycles. The first-order valence-corrected chi connectivity index (χ1v) is 46.4. The van der Waals surface area contributed by atoms with Crippen molar-refractivity contribution in [3.8, 4) is 5.75 Å². The molecule has 3 aromatic carbocycles. The topological polar surface area (TPSA) is 609 Å². The fourth-order valence-electron chi connectivity index (χ4n) is 16.8. The van der Waals surface area contributed by atoms with Crippen LogP contribution in [0.5, 0.6) is 5.75 Å². The van der Waals surface area contributed by atoms with Crippen LogP contribution in [0.4, 0.5) is 0 Å². The average Bonchev–Trinajstić information content (AvgIpc) is 1.63. The van der Waals surface area contributed by atoms with Crippen LogP contribution in [-0.2, 0) is 112 Å². The monoisotopic (exact) mass is 1870 g/mol. The van der Waals surface area contributed by atoms with Crippen LogP contribution in [0.15, 0.2) is 85.2 Å². The van der Waals surface area contributed by atoms with Crippen molar-refractivity contribution in [1.29, 1.82) is 0 Å². The molecule has 21 N–H and O–H groups in total. The van der Waals surface area contributed by atoms with Crippen LogP contribution in [0.1, 0.15) is 155 Å². The predicted molar refractivity (Wildman–Crippen MR) is 493 cm³/mol. The normalized spacial score (nSPS) is 24.5. The summed E-state index contributed by atoms with van der Waals surface area (Å²) in [5, 5.41) is 48.3. The molecule has 726 valence electrons. The number of amides is 17. The van der Waals surface area contributed by atoms with Gasteiger partial charge >= 0.3 is 5.97 Å². The molecule has 0 aliphatic carbocycles. The highest BCUT2D eigenvalue weighted by Crippen LogP contribution is 2.29. The summed E-state index contributed by atoms with van der Waals surface area (Å²) in [6.07, 6.45) is 3.46. The van der Waals surface area contributed by atoms with Crippen LogP contribution in [0, 0.1) is 11.8 Å². The maximum Gasteiger partial charge on any atom is 0.323 e. The van der Waals surface area contributed by atoms with Crippen LogP contribution in [-0.4, -0.2) is 301 Å². The highest BCUT2D eigenvalue weighted by molar-refractivity contribution is 8.00. The molecule has 0 radical (unpaired) electrons. The summed E-state index contributed by atoms with van der Waals surface area (Å²) in [6, 6.07) is -1.23. The molecular formula is C91H131N21O20S. The number of phenols is 1. The van der Waals surface area contributed by atoms with Crippen molar-refractivity contribution in [2.24, 2.45) is 34.8 Å². The highest BCUT2D eigenvalue weighted by Gasteiger charge is 2.46. The van der Waals surface area contributed by atoms with Gasteiger partial charge in [0.25, 0.3) is 0 Å². The number of hydrogen-bond acceptors (Lipinski definition) is 22. The number of fused-ring (bicyclic) bond motifs is 4. The molecule has 0 unspecified atom stereocenters. The molecule has 41 nitrogen and oxygen atoms in total. The molecule has 3 aliphatic rings.